The molecule has 0 radical (unpaired) electrons. The average Bonchev–Trinajstić information content (AvgIpc) is 2.29. The average molecular weight is 294 g/mol. The Morgan fingerprint density at radius 1 is 1.30 bits per heavy atom. The van der Waals surface area contributed by atoms with Crippen molar-refractivity contribution in [3.63, 3.8) is 0 Å². The van der Waals surface area contributed by atoms with E-state index in [1.807, 2.05) is 0 Å². The molecule has 0 aromatic rings. The van der Waals surface area contributed by atoms with E-state index in [1.54, 1.807) is 4.90 Å². The highest BCUT2D eigenvalue weighted by Gasteiger charge is 2.54. The van der Waals surface area contributed by atoms with Crippen LogP contribution in [0.15, 0.2) is 0 Å². The van der Waals surface area contributed by atoms with Crippen molar-refractivity contribution < 1.29 is 23.1 Å². The Bertz CT molecular complexity index is 348. The molecule has 2 rings (SSSR count). The number of carbonyl (C=O) groups excluding carboxylic acids is 1. The highest BCUT2D eigenvalue weighted by Crippen LogP contribution is 2.38. The number of likely N-dealkylation sites (tertiary alicyclic amines) is 1. The van der Waals surface area contributed by atoms with E-state index in [0.29, 0.717) is 12.5 Å². The van der Waals surface area contributed by atoms with E-state index < -0.39 is 11.8 Å². The van der Waals surface area contributed by atoms with Gasteiger partial charge in [-0.3, -0.25) is 9.69 Å². The monoisotopic (exact) mass is 294 g/mol. The topological polar surface area (TPSA) is 52.6 Å². The first-order valence-electron chi connectivity index (χ1n) is 7.08. The number of nitrogens with zero attached hydrogens (tertiary/aromatic N) is 1. The molecule has 2 fully saturated rings. The second kappa shape index (κ2) is 5.89. The molecule has 4 nitrogen and oxygen atoms in total. The number of alkyl halides is 3. The molecule has 1 amide bonds. The molecule has 2 N–H and O–H groups in total. The second-order valence-electron chi connectivity index (χ2n) is 5.91. The number of aliphatic hydroxyl groups is 1. The van der Waals surface area contributed by atoms with Gasteiger partial charge < -0.3 is 10.4 Å². The van der Waals surface area contributed by atoms with E-state index >= 15 is 0 Å². The quantitative estimate of drug-likeness (QED) is 0.821. The third-order valence-electron chi connectivity index (χ3n) is 4.39. The van der Waals surface area contributed by atoms with Gasteiger partial charge in [-0.25, -0.2) is 0 Å². The third kappa shape index (κ3) is 3.63. The van der Waals surface area contributed by atoms with E-state index in [0.717, 1.165) is 12.8 Å². The minimum absolute atomic E-state index is 0.0901. The van der Waals surface area contributed by atoms with Gasteiger partial charge in [0.1, 0.15) is 0 Å². The standard InChI is InChI=1S/C13H21F3N2O2/c14-13(15,16)12(20)4-6-18(7-5-12)9-11(19)17-8-10-2-1-3-10/h10,20H,1-9H2,(H,17,19). The summed E-state index contributed by atoms with van der Waals surface area (Å²) in [4.78, 5) is 13.3. The van der Waals surface area contributed by atoms with Crippen LogP contribution >= 0.6 is 0 Å². The van der Waals surface area contributed by atoms with Gasteiger partial charge in [0.2, 0.25) is 5.91 Å². The van der Waals surface area contributed by atoms with Crippen LogP contribution in [-0.4, -0.2) is 53.9 Å². The highest BCUT2D eigenvalue weighted by atomic mass is 19.4. The van der Waals surface area contributed by atoms with Gasteiger partial charge in [-0.1, -0.05) is 6.42 Å². The summed E-state index contributed by atoms with van der Waals surface area (Å²) in [7, 11) is 0. The zero-order valence-corrected chi connectivity index (χ0v) is 11.4. The lowest BCUT2D eigenvalue weighted by molar-refractivity contribution is -0.272. The second-order valence-corrected chi connectivity index (χ2v) is 5.91. The van der Waals surface area contributed by atoms with Crippen molar-refractivity contribution in [3.05, 3.63) is 0 Å². The molecule has 2 aliphatic rings. The molecule has 1 aliphatic heterocycles. The molecule has 20 heavy (non-hydrogen) atoms. The summed E-state index contributed by atoms with van der Waals surface area (Å²) in [6, 6.07) is 0. The molecule has 0 aromatic heterocycles. The molecular weight excluding hydrogens is 273 g/mol. The maximum absolute atomic E-state index is 12.6. The smallest absolute Gasteiger partial charge is 0.380 e. The van der Waals surface area contributed by atoms with E-state index in [4.69, 9.17) is 0 Å². The molecule has 0 bridgehead atoms. The highest BCUT2D eigenvalue weighted by molar-refractivity contribution is 5.78. The Morgan fingerprint density at radius 3 is 2.35 bits per heavy atom. The van der Waals surface area contributed by atoms with Gasteiger partial charge in [0.25, 0.3) is 0 Å². The molecule has 0 aromatic carbocycles. The van der Waals surface area contributed by atoms with Crippen LogP contribution in [0.3, 0.4) is 0 Å². The van der Waals surface area contributed by atoms with Crippen molar-refractivity contribution in [1.29, 1.82) is 0 Å². The van der Waals surface area contributed by atoms with Crippen LogP contribution in [0.2, 0.25) is 0 Å². The predicted octanol–water partition coefficient (Wildman–Crippen LogP) is 1.29. The Labute approximate surface area is 116 Å². The molecule has 1 aliphatic carbocycles. The molecule has 1 saturated heterocycles. The number of nitrogens with one attached hydrogen (secondary N) is 1. The summed E-state index contributed by atoms with van der Waals surface area (Å²) in [6.07, 6.45) is -1.84. The van der Waals surface area contributed by atoms with E-state index in [2.05, 4.69) is 5.32 Å². The molecule has 116 valence electrons. The third-order valence-corrected chi connectivity index (χ3v) is 4.39. The van der Waals surface area contributed by atoms with Gasteiger partial charge in [0.15, 0.2) is 5.60 Å². The summed E-state index contributed by atoms with van der Waals surface area (Å²) in [6.45, 7) is 0.958. The van der Waals surface area contributed by atoms with Gasteiger partial charge in [0, 0.05) is 19.6 Å². The lowest BCUT2D eigenvalue weighted by Crippen LogP contribution is -2.54. The lowest BCUT2D eigenvalue weighted by Gasteiger charge is -2.38. The van der Waals surface area contributed by atoms with Crippen molar-refractivity contribution in [2.75, 3.05) is 26.2 Å². The van der Waals surface area contributed by atoms with Gasteiger partial charge in [-0.05, 0) is 31.6 Å². The normalized spacial score (nSPS) is 24.2. The van der Waals surface area contributed by atoms with Crippen LogP contribution in [0.1, 0.15) is 32.1 Å². The van der Waals surface area contributed by atoms with Crippen molar-refractivity contribution in [3.8, 4) is 0 Å². The van der Waals surface area contributed by atoms with Crippen LogP contribution in [0.5, 0.6) is 0 Å². The van der Waals surface area contributed by atoms with E-state index in [-0.39, 0.29) is 38.4 Å². The van der Waals surface area contributed by atoms with Crippen molar-refractivity contribution >= 4 is 5.91 Å². The minimum Gasteiger partial charge on any atom is -0.380 e. The maximum Gasteiger partial charge on any atom is 0.417 e. The molecule has 0 spiro atoms. The fourth-order valence-electron chi connectivity index (χ4n) is 2.58. The largest absolute Gasteiger partial charge is 0.417 e. The first kappa shape index (κ1) is 15.6. The van der Waals surface area contributed by atoms with E-state index in [9.17, 15) is 23.1 Å². The summed E-state index contributed by atoms with van der Waals surface area (Å²) >= 11 is 0. The van der Waals surface area contributed by atoms with Crippen molar-refractivity contribution in [1.82, 2.24) is 10.2 Å². The molecule has 1 saturated carbocycles. The van der Waals surface area contributed by atoms with Gasteiger partial charge in [-0.2, -0.15) is 13.2 Å². The molecule has 1 heterocycles. The number of hydrogen-bond acceptors (Lipinski definition) is 3. The minimum atomic E-state index is -4.59. The van der Waals surface area contributed by atoms with Crippen LogP contribution in [0, 0.1) is 5.92 Å². The van der Waals surface area contributed by atoms with Crippen molar-refractivity contribution in [2.45, 2.75) is 43.9 Å². The first-order valence-corrected chi connectivity index (χ1v) is 7.08. The van der Waals surface area contributed by atoms with Crippen LogP contribution in [-0.2, 0) is 4.79 Å². The Hall–Kier alpha value is -0.820. The number of carbonyl (C=O) groups is 1. The lowest BCUT2D eigenvalue weighted by atomic mass is 9.85. The first-order chi connectivity index (χ1) is 9.30. The molecule has 7 heteroatoms. The van der Waals surface area contributed by atoms with Gasteiger partial charge in [-0.15, -0.1) is 0 Å². The number of hydrogen-bond donors (Lipinski definition) is 2. The van der Waals surface area contributed by atoms with Crippen LogP contribution < -0.4 is 5.32 Å². The SMILES string of the molecule is O=C(CN1CCC(O)(C(F)(F)F)CC1)NCC1CCC1. The van der Waals surface area contributed by atoms with Crippen molar-refractivity contribution in [2.24, 2.45) is 5.92 Å². The number of amides is 1. The van der Waals surface area contributed by atoms with E-state index in [1.165, 1.54) is 6.42 Å². The predicted molar refractivity (Wildman–Crippen MR) is 67.0 cm³/mol. The molecule has 0 atom stereocenters. The van der Waals surface area contributed by atoms with Crippen LogP contribution in [0.25, 0.3) is 0 Å². The summed E-state index contributed by atoms with van der Waals surface area (Å²) < 4.78 is 37.9. The number of halogens is 3. The maximum atomic E-state index is 12.6. The summed E-state index contributed by atoms with van der Waals surface area (Å²) in [5, 5.41) is 12.3. The zero-order chi connectivity index (χ0) is 14.8. The molecular formula is C13H21F3N2O2. The van der Waals surface area contributed by atoms with Gasteiger partial charge in [0.05, 0.1) is 6.54 Å². The Morgan fingerprint density at radius 2 is 1.90 bits per heavy atom. The Kier molecular flexibility index (Phi) is 4.59. The summed E-state index contributed by atoms with van der Waals surface area (Å²) in [5.74, 6) is 0.421. The van der Waals surface area contributed by atoms with Crippen LogP contribution in [0.4, 0.5) is 13.2 Å². The Balaban J connectivity index is 1.69. The molecule has 0 unspecified atom stereocenters. The fourth-order valence-corrected chi connectivity index (χ4v) is 2.58. The number of rotatable bonds is 4. The van der Waals surface area contributed by atoms with Gasteiger partial charge >= 0.3 is 6.18 Å². The zero-order valence-electron chi connectivity index (χ0n) is 11.4. The summed E-state index contributed by atoms with van der Waals surface area (Å²) in [5.41, 5.74) is -2.59. The number of piperidine rings is 1. The fraction of sp³-hybridized carbons (Fsp3) is 0.923.